The maximum atomic E-state index is 11.9. The highest BCUT2D eigenvalue weighted by molar-refractivity contribution is 7.74. The average molecular weight is 266 g/mol. The predicted octanol–water partition coefficient (Wildman–Crippen LogP) is 3.50. The van der Waals surface area contributed by atoms with Gasteiger partial charge in [-0.1, -0.05) is 24.0 Å². The van der Waals surface area contributed by atoms with Crippen LogP contribution in [0, 0.1) is 0 Å². The summed E-state index contributed by atoms with van der Waals surface area (Å²) < 4.78 is 54.6. The molecule has 0 heterocycles. The van der Waals surface area contributed by atoms with Crippen molar-refractivity contribution in [2.24, 2.45) is 4.36 Å². The van der Waals surface area contributed by atoms with Crippen molar-refractivity contribution >= 4 is 10.6 Å². The van der Waals surface area contributed by atoms with E-state index in [1.165, 1.54) is 12.1 Å². The van der Waals surface area contributed by atoms with Gasteiger partial charge in [-0.3, -0.25) is 0 Å². The van der Waals surface area contributed by atoms with Crippen LogP contribution >= 0.6 is 0 Å². The molecule has 0 aliphatic heterocycles. The summed E-state index contributed by atoms with van der Waals surface area (Å²) in [7, 11) is -1.53. The molecule has 0 aromatic heterocycles. The molecular formula is C10H11F3NO2S-. The zero-order valence-corrected chi connectivity index (χ0v) is 9.85. The zero-order valence-electron chi connectivity index (χ0n) is 9.03. The number of benzene rings is 1. The second-order valence-electron chi connectivity index (χ2n) is 3.12. The lowest BCUT2D eigenvalue weighted by atomic mass is 10.3. The molecule has 0 radical (unpaired) electrons. The van der Waals surface area contributed by atoms with Crippen LogP contribution in [0.5, 0.6) is 5.75 Å². The first-order chi connectivity index (χ1) is 7.92. The van der Waals surface area contributed by atoms with E-state index in [2.05, 4.69) is 9.10 Å². The highest BCUT2D eigenvalue weighted by Gasteiger charge is 2.30. The third-order valence-corrected chi connectivity index (χ3v) is 2.78. The Balaban J connectivity index is 2.78. The number of hydrogen-bond donors (Lipinski definition) is 0. The highest BCUT2D eigenvalue weighted by Crippen LogP contribution is 2.23. The molecule has 0 fully saturated rings. The first-order valence-electron chi connectivity index (χ1n) is 4.87. The molecule has 0 bridgehead atoms. The molecule has 0 saturated heterocycles. The first kappa shape index (κ1) is 13.8. The van der Waals surface area contributed by atoms with Gasteiger partial charge in [0.2, 0.25) is 0 Å². The van der Waals surface area contributed by atoms with E-state index in [1.807, 2.05) is 6.92 Å². The number of halogens is 3. The molecule has 0 spiro atoms. The Kier molecular flexibility index (Phi) is 4.80. The maximum Gasteiger partial charge on any atom is 0.573 e. The summed E-state index contributed by atoms with van der Waals surface area (Å²) in [4.78, 5) is 0.355. The number of rotatable bonds is 4. The van der Waals surface area contributed by atoms with Gasteiger partial charge in [0.25, 0.3) is 0 Å². The zero-order chi connectivity index (χ0) is 12.9. The van der Waals surface area contributed by atoms with E-state index in [4.69, 9.17) is 0 Å². The van der Waals surface area contributed by atoms with Gasteiger partial charge in [0.1, 0.15) is 5.75 Å². The molecule has 0 atom stereocenters. The van der Waals surface area contributed by atoms with Gasteiger partial charge < -0.3 is 13.3 Å². The van der Waals surface area contributed by atoms with Crippen LogP contribution in [0.15, 0.2) is 33.5 Å². The van der Waals surface area contributed by atoms with Crippen LogP contribution in [-0.4, -0.2) is 12.9 Å². The lowest BCUT2D eigenvalue weighted by Gasteiger charge is -2.10. The fourth-order valence-corrected chi connectivity index (χ4v) is 1.87. The molecular weight excluding hydrogens is 255 g/mol. The second kappa shape index (κ2) is 5.90. The van der Waals surface area contributed by atoms with Crippen LogP contribution in [0.25, 0.3) is 0 Å². The van der Waals surface area contributed by atoms with Crippen LogP contribution in [0.4, 0.5) is 13.2 Å². The molecule has 1 rings (SSSR count). The summed E-state index contributed by atoms with van der Waals surface area (Å²) in [6.07, 6.45) is -3.95. The minimum atomic E-state index is -4.72. The van der Waals surface area contributed by atoms with Crippen LogP contribution in [-0.2, 0) is 14.8 Å². The largest absolute Gasteiger partial charge is 0.573 e. The third-order valence-electron chi connectivity index (χ3n) is 1.69. The van der Waals surface area contributed by atoms with E-state index in [0.717, 1.165) is 18.6 Å². The van der Waals surface area contributed by atoms with Crippen molar-refractivity contribution in [3.63, 3.8) is 0 Å². The summed E-state index contributed by atoms with van der Waals surface area (Å²) in [5, 5.41) is 0. The molecule has 96 valence electrons. The van der Waals surface area contributed by atoms with Gasteiger partial charge >= 0.3 is 6.36 Å². The molecule has 7 heteroatoms. The first-order valence-corrected chi connectivity index (χ1v) is 5.98. The van der Waals surface area contributed by atoms with Crippen molar-refractivity contribution < 1.29 is 22.1 Å². The van der Waals surface area contributed by atoms with E-state index >= 15 is 0 Å². The van der Waals surface area contributed by atoms with Gasteiger partial charge in [-0.25, -0.2) is 0 Å². The monoisotopic (exact) mass is 266 g/mol. The minimum absolute atomic E-state index is 0.339. The van der Waals surface area contributed by atoms with Crippen LogP contribution in [0.3, 0.4) is 0 Å². The van der Waals surface area contributed by atoms with Gasteiger partial charge in [-0.15, -0.1) is 13.2 Å². The standard InChI is InChI=1S/C10H11F3NO2S/c1-2-7-14-17(15)9-5-3-8(4-6-9)16-10(11,12)13/h3-6H,2,7H2,1H3/q-1. The molecule has 1 aromatic carbocycles. The van der Waals surface area contributed by atoms with E-state index in [9.17, 15) is 17.4 Å². The van der Waals surface area contributed by atoms with E-state index < -0.39 is 17.0 Å². The number of nitrogens with zero attached hydrogens (tertiary/aromatic N) is 1. The topological polar surface area (TPSA) is 38.7 Å². The SMILES string of the molecule is CCCN=[S-](=O)c1ccc(OC(F)(F)F)cc1. The molecule has 3 nitrogen and oxygen atoms in total. The second-order valence-corrected chi connectivity index (χ2v) is 4.35. The van der Waals surface area contributed by atoms with E-state index in [0.29, 0.717) is 11.4 Å². The summed E-state index contributed by atoms with van der Waals surface area (Å²) in [6.45, 7) is 2.34. The summed E-state index contributed by atoms with van der Waals surface area (Å²) in [5.41, 5.74) is 0. The minimum Gasteiger partial charge on any atom is -0.440 e. The quantitative estimate of drug-likeness (QED) is 0.782. The van der Waals surface area contributed by atoms with Crippen LogP contribution in [0.1, 0.15) is 13.3 Å². The van der Waals surface area contributed by atoms with E-state index in [-0.39, 0.29) is 5.75 Å². The smallest absolute Gasteiger partial charge is 0.440 e. The van der Waals surface area contributed by atoms with Crippen molar-refractivity contribution in [1.82, 2.24) is 0 Å². The fraction of sp³-hybridized carbons (Fsp3) is 0.400. The number of alkyl halides is 3. The summed E-state index contributed by atoms with van der Waals surface area (Å²) >= 11 is 0. The Morgan fingerprint density at radius 2 is 1.88 bits per heavy atom. The molecule has 0 aliphatic carbocycles. The van der Waals surface area contributed by atoms with Gasteiger partial charge in [0.05, 0.1) is 0 Å². The molecule has 0 aliphatic rings. The molecule has 0 amide bonds. The summed E-state index contributed by atoms with van der Waals surface area (Å²) in [5.74, 6) is -0.339. The van der Waals surface area contributed by atoms with Gasteiger partial charge in [0, 0.05) is 6.54 Å². The summed E-state index contributed by atoms with van der Waals surface area (Å²) in [6, 6.07) is 4.83. The molecule has 0 N–H and O–H groups in total. The third kappa shape index (κ3) is 5.08. The van der Waals surface area contributed by atoms with Crippen LogP contribution in [0.2, 0.25) is 0 Å². The Bertz CT molecular complexity index is 436. The Labute approximate surface area is 98.8 Å². The Morgan fingerprint density at radius 3 is 2.35 bits per heavy atom. The van der Waals surface area contributed by atoms with Gasteiger partial charge in [-0.2, -0.15) is 10.6 Å². The normalized spacial score (nSPS) is 13.6. The van der Waals surface area contributed by atoms with Crippen molar-refractivity contribution in [3.8, 4) is 5.75 Å². The molecule has 17 heavy (non-hydrogen) atoms. The average Bonchev–Trinajstić information content (AvgIpc) is 2.24. The van der Waals surface area contributed by atoms with Crippen molar-refractivity contribution in [3.05, 3.63) is 24.3 Å². The van der Waals surface area contributed by atoms with E-state index in [1.54, 1.807) is 0 Å². The maximum absolute atomic E-state index is 11.9. The van der Waals surface area contributed by atoms with Gasteiger partial charge in [0.15, 0.2) is 0 Å². The lowest BCUT2D eigenvalue weighted by Crippen LogP contribution is -2.16. The number of ether oxygens (including phenoxy) is 1. The Morgan fingerprint density at radius 1 is 1.29 bits per heavy atom. The van der Waals surface area contributed by atoms with Gasteiger partial charge in [-0.05, 0) is 18.6 Å². The Hall–Kier alpha value is -1.24. The van der Waals surface area contributed by atoms with Crippen molar-refractivity contribution in [2.45, 2.75) is 24.6 Å². The fourth-order valence-electron chi connectivity index (χ4n) is 1.01. The van der Waals surface area contributed by atoms with Crippen molar-refractivity contribution in [1.29, 1.82) is 0 Å². The molecule has 0 saturated carbocycles. The van der Waals surface area contributed by atoms with Crippen molar-refractivity contribution in [2.75, 3.05) is 6.54 Å². The highest BCUT2D eigenvalue weighted by atomic mass is 32.2. The molecule has 1 aromatic rings. The number of hydrogen-bond acceptors (Lipinski definition) is 4. The lowest BCUT2D eigenvalue weighted by molar-refractivity contribution is -0.274. The predicted molar refractivity (Wildman–Crippen MR) is 57.0 cm³/mol. The molecule has 0 unspecified atom stereocenters. The van der Waals surface area contributed by atoms with Crippen LogP contribution < -0.4 is 4.74 Å².